The first-order valence-electron chi connectivity index (χ1n) is 24.4. The van der Waals surface area contributed by atoms with Gasteiger partial charge in [-0.3, -0.25) is 9.59 Å². The Kier molecular flexibility index (Phi) is 44.2. The van der Waals surface area contributed by atoms with Crippen LogP contribution in [0.2, 0.25) is 0 Å². The zero-order valence-corrected chi connectivity index (χ0v) is 36.9. The van der Waals surface area contributed by atoms with Crippen LogP contribution in [0.15, 0.2) is 12.2 Å². The predicted molar refractivity (Wildman–Crippen MR) is 237 cm³/mol. The van der Waals surface area contributed by atoms with E-state index in [2.05, 4.69) is 31.3 Å². The molecule has 55 heavy (non-hydrogen) atoms. The van der Waals surface area contributed by atoms with Gasteiger partial charge in [-0.05, 0) is 57.8 Å². The number of rotatable bonds is 45. The summed E-state index contributed by atoms with van der Waals surface area (Å²) < 4.78 is 5.43. The Bertz CT molecular complexity index is 817. The highest BCUT2D eigenvalue weighted by Gasteiger charge is 2.20. The lowest BCUT2D eigenvalue weighted by Crippen LogP contribution is -2.45. The number of unbranched alkanes of at least 4 members (excludes halogenated alkanes) is 32. The summed E-state index contributed by atoms with van der Waals surface area (Å²) in [5.74, 6) is -0.0819. The van der Waals surface area contributed by atoms with E-state index in [0.29, 0.717) is 25.9 Å². The van der Waals surface area contributed by atoms with E-state index >= 15 is 0 Å². The van der Waals surface area contributed by atoms with E-state index in [-0.39, 0.29) is 18.5 Å². The van der Waals surface area contributed by atoms with Crippen molar-refractivity contribution in [3.05, 3.63) is 12.2 Å². The molecule has 2 unspecified atom stereocenters. The van der Waals surface area contributed by atoms with Crippen molar-refractivity contribution in [2.75, 3.05) is 13.2 Å². The lowest BCUT2D eigenvalue weighted by atomic mass is 10.0. The number of aliphatic hydroxyl groups excluding tert-OH is 2. The number of carbonyl (C=O) groups excluding carboxylic acids is 2. The van der Waals surface area contributed by atoms with Gasteiger partial charge in [-0.25, -0.2) is 0 Å². The maximum atomic E-state index is 12.4. The SMILES string of the molecule is CCCCCCCCCCCCCCCC(=O)OCCCCC/C=C\CCCCCCCC(=O)NC(CO)C(O)CCCCCCCCCCCCCCC. The number of allylic oxidation sites excluding steroid dienone is 2. The van der Waals surface area contributed by atoms with Crippen LogP contribution in [-0.2, 0) is 14.3 Å². The second-order valence-electron chi connectivity index (χ2n) is 16.8. The molecule has 0 aliphatic heterocycles. The fraction of sp³-hybridized carbons (Fsp3) is 0.918. The van der Waals surface area contributed by atoms with E-state index in [1.165, 1.54) is 154 Å². The maximum Gasteiger partial charge on any atom is 0.305 e. The molecule has 0 rings (SSSR count). The third kappa shape index (κ3) is 42.0. The van der Waals surface area contributed by atoms with Gasteiger partial charge in [0.2, 0.25) is 5.91 Å². The van der Waals surface area contributed by atoms with Gasteiger partial charge in [-0.2, -0.15) is 0 Å². The zero-order valence-electron chi connectivity index (χ0n) is 36.9. The molecule has 0 bridgehead atoms. The average molecular weight is 778 g/mol. The molecule has 0 aromatic carbocycles. The number of carbonyl (C=O) groups is 2. The van der Waals surface area contributed by atoms with Gasteiger partial charge in [-0.15, -0.1) is 0 Å². The molecule has 0 saturated heterocycles. The van der Waals surface area contributed by atoms with Gasteiger partial charge in [0, 0.05) is 12.8 Å². The van der Waals surface area contributed by atoms with E-state index in [4.69, 9.17) is 4.74 Å². The molecule has 6 heteroatoms. The van der Waals surface area contributed by atoms with Crippen molar-refractivity contribution in [1.82, 2.24) is 5.32 Å². The molecular formula is C49H95NO5. The first-order chi connectivity index (χ1) is 27.0. The maximum absolute atomic E-state index is 12.4. The summed E-state index contributed by atoms with van der Waals surface area (Å²) >= 11 is 0. The summed E-state index contributed by atoms with van der Waals surface area (Å²) in [4.78, 5) is 24.4. The third-order valence-electron chi connectivity index (χ3n) is 11.3. The molecule has 0 saturated carbocycles. The summed E-state index contributed by atoms with van der Waals surface area (Å²) in [6.45, 7) is 4.89. The molecule has 0 radical (unpaired) electrons. The second-order valence-corrected chi connectivity index (χ2v) is 16.8. The van der Waals surface area contributed by atoms with Gasteiger partial charge in [0.15, 0.2) is 0 Å². The molecule has 0 aromatic heterocycles. The Morgan fingerprint density at radius 1 is 0.491 bits per heavy atom. The van der Waals surface area contributed by atoms with Crippen molar-refractivity contribution in [2.24, 2.45) is 0 Å². The fourth-order valence-electron chi connectivity index (χ4n) is 7.51. The van der Waals surface area contributed by atoms with E-state index in [1.807, 2.05) is 0 Å². The number of hydrogen-bond donors (Lipinski definition) is 3. The van der Waals surface area contributed by atoms with Gasteiger partial charge >= 0.3 is 5.97 Å². The van der Waals surface area contributed by atoms with Crippen molar-refractivity contribution in [1.29, 1.82) is 0 Å². The molecule has 0 heterocycles. The van der Waals surface area contributed by atoms with E-state index in [9.17, 15) is 19.8 Å². The number of ether oxygens (including phenoxy) is 1. The normalized spacial score (nSPS) is 12.7. The molecule has 0 aliphatic rings. The molecular weight excluding hydrogens is 683 g/mol. The topological polar surface area (TPSA) is 95.9 Å². The summed E-state index contributed by atoms with van der Waals surface area (Å²) in [5.41, 5.74) is 0. The molecule has 0 spiro atoms. The Labute approximate surface area is 342 Å². The average Bonchev–Trinajstić information content (AvgIpc) is 3.18. The molecule has 1 amide bonds. The third-order valence-corrected chi connectivity index (χ3v) is 11.3. The van der Waals surface area contributed by atoms with Crippen LogP contribution in [0.5, 0.6) is 0 Å². The van der Waals surface area contributed by atoms with Crippen LogP contribution in [-0.4, -0.2) is 47.4 Å². The molecule has 0 fully saturated rings. The molecule has 0 aromatic rings. The Hall–Kier alpha value is -1.40. The smallest absolute Gasteiger partial charge is 0.305 e. The van der Waals surface area contributed by atoms with Crippen molar-refractivity contribution in [3.8, 4) is 0 Å². The minimum Gasteiger partial charge on any atom is -0.466 e. The zero-order chi connectivity index (χ0) is 40.1. The van der Waals surface area contributed by atoms with E-state index in [1.54, 1.807) is 0 Å². The van der Waals surface area contributed by atoms with Crippen molar-refractivity contribution >= 4 is 11.9 Å². The van der Waals surface area contributed by atoms with E-state index in [0.717, 1.165) is 77.0 Å². The Balaban J connectivity index is 3.50. The summed E-state index contributed by atoms with van der Waals surface area (Å²) in [7, 11) is 0. The van der Waals surface area contributed by atoms with Crippen molar-refractivity contribution in [2.45, 2.75) is 276 Å². The fourth-order valence-corrected chi connectivity index (χ4v) is 7.51. The highest BCUT2D eigenvalue weighted by Crippen LogP contribution is 2.16. The summed E-state index contributed by atoms with van der Waals surface area (Å²) in [6.07, 6.45) is 50.3. The van der Waals surface area contributed by atoms with E-state index < -0.39 is 12.1 Å². The van der Waals surface area contributed by atoms with Crippen LogP contribution < -0.4 is 5.32 Å². The summed E-state index contributed by atoms with van der Waals surface area (Å²) in [6, 6.07) is -0.558. The molecule has 6 nitrogen and oxygen atoms in total. The standard InChI is InChI=1S/C49H95NO5/c1-3-5-7-9-11-13-15-17-21-25-29-33-37-41-47(52)46(45-51)50-48(53)42-38-34-30-26-22-19-20-24-28-32-36-40-44-55-49(54)43-39-35-31-27-23-18-16-14-12-10-8-6-4-2/h20,24,46-47,51-52H,3-19,21-23,25-45H2,1-2H3,(H,50,53)/b24-20-. The molecule has 326 valence electrons. The first-order valence-corrected chi connectivity index (χ1v) is 24.4. The van der Waals surface area contributed by atoms with Crippen LogP contribution >= 0.6 is 0 Å². The van der Waals surface area contributed by atoms with Crippen LogP contribution in [0.25, 0.3) is 0 Å². The lowest BCUT2D eigenvalue weighted by Gasteiger charge is -2.22. The molecule has 2 atom stereocenters. The van der Waals surface area contributed by atoms with Gasteiger partial charge in [0.05, 0.1) is 25.4 Å². The minimum absolute atomic E-state index is 0.0213. The van der Waals surface area contributed by atoms with Crippen LogP contribution in [0, 0.1) is 0 Å². The second kappa shape index (κ2) is 45.3. The largest absolute Gasteiger partial charge is 0.466 e. The Morgan fingerprint density at radius 2 is 0.855 bits per heavy atom. The number of hydrogen-bond acceptors (Lipinski definition) is 5. The molecule has 0 aliphatic carbocycles. The minimum atomic E-state index is -0.678. The number of amides is 1. The first kappa shape index (κ1) is 53.6. The summed E-state index contributed by atoms with van der Waals surface area (Å²) in [5, 5.41) is 23.1. The monoisotopic (exact) mass is 778 g/mol. The van der Waals surface area contributed by atoms with Gasteiger partial charge in [-0.1, -0.05) is 206 Å². The van der Waals surface area contributed by atoms with Gasteiger partial charge in [0.25, 0.3) is 0 Å². The van der Waals surface area contributed by atoms with Crippen molar-refractivity contribution in [3.63, 3.8) is 0 Å². The van der Waals surface area contributed by atoms with Gasteiger partial charge in [0.1, 0.15) is 0 Å². The van der Waals surface area contributed by atoms with Crippen LogP contribution in [0.4, 0.5) is 0 Å². The number of nitrogens with one attached hydrogen (secondary N) is 1. The Morgan fingerprint density at radius 3 is 1.29 bits per heavy atom. The highest BCUT2D eigenvalue weighted by molar-refractivity contribution is 5.76. The number of aliphatic hydroxyl groups is 2. The quantitative estimate of drug-likeness (QED) is 0.0325. The van der Waals surface area contributed by atoms with Gasteiger partial charge < -0.3 is 20.3 Å². The highest BCUT2D eigenvalue weighted by atomic mass is 16.5. The molecule has 3 N–H and O–H groups in total. The number of esters is 1. The van der Waals surface area contributed by atoms with Crippen LogP contribution in [0.3, 0.4) is 0 Å². The predicted octanol–water partition coefficient (Wildman–Crippen LogP) is 14.2. The van der Waals surface area contributed by atoms with Crippen LogP contribution in [0.1, 0.15) is 264 Å². The lowest BCUT2D eigenvalue weighted by molar-refractivity contribution is -0.143. The van der Waals surface area contributed by atoms with Crippen molar-refractivity contribution < 1.29 is 24.5 Å².